The Bertz CT molecular complexity index is 1030. The molecule has 0 aliphatic carbocycles. The van der Waals surface area contributed by atoms with Crippen molar-refractivity contribution in [2.24, 2.45) is 0 Å². The molecule has 0 unspecified atom stereocenters. The molecular formula is C22H24N4O4. The zero-order chi connectivity index (χ0) is 21.5. The fraction of sp³-hybridized carbons (Fsp3) is 0.273. The van der Waals surface area contributed by atoms with Gasteiger partial charge in [0, 0.05) is 12.1 Å². The van der Waals surface area contributed by atoms with E-state index >= 15 is 0 Å². The molecule has 0 bridgehead atoms. The predicted octanol–water partition coefficient (Wildman–Crippen LogP) is 3.08. The number of nitrogens with one attached hydrogen (secondary N) is 1. The monoisotopic (exact) mass is 408 g/mol. The van der Waals surface area contributed by atoms with Gasteiger partial charge in [0.05, 0.1) is 12.3 Å². The Hall–Kier alpha value is -3.68. The topological polar surface area (TPSA) is 95.3 Å². The number of nitrogens with zero attached hydrogens (tertiary/aromatic N) is 3. The number of amides is 1. The summed E-state index contributed by atoms with van der Waals surface area (Å²) < 4.78 is 12.5. The first-order valence-corrected chi connectivity index (χ1v) is 9.73. The highest BCUT2D eigenvalue weighted by atomic mass is 16.5. The van der Waals surface area contributed by atoms with Crippen LogP contribution in [0.15, 0.2) is 48.5 Å². The fourth-order valence-corrected chi connectivity index (χ4v) is 2.87. The third-order valence-corrected chi connectivity index (χ3v) is 4.31. The maximum atomic E-state index is 12.3. The number of hydrogen-bond acceptors (Lipinski definition) is 6. The molecule has 0 atom stereocenters. The molecule has 3 aromatic rings. The van der Waals surface area contributed by atoms with Crippen molar-refractivity contribution >= 4 is 11.9 Å². The van der Waals surface area contributed by atoms with Gasteiger partial charge in [-0.25, -0.2) is 9.48 Å². The number of benzene rings is 2. The number of aromatic nitrogens is 3. The van der Waals surface area contributed by atoms with Crippen molar-refractivity contribution in [1.29, 1.82) is 0 Å². The van der Waals surface area contributed by atoms with Crippen molar-refractivity contribution < 1.29 is 19.1 Å². The number of carbonyl (C=O) groups excluding carboxylic acids is 2. The first-order valence-electron chi connectivity index (χ1n) is 9.73. The average molecular weight is 408 g/mol. The zero-order valence-electron chi connectivity index (χ0n) is 17.2. The molecule has 0 fully saturated rings. The minimum atomic E-state index is -0.564. The number of carbonyl (C=O) groups is 2. The Morgan fingerprint density at radius 3 is 2.53 bits per heavy atom. The summed E-state index contributed by atoms with van der Waals surface area (Å²) in [7, 11) is 0. The highest BCUT2D eigenvalue weighted by molar-refractivity contribution is 5.94. The minimum absolute atomic E-state index is 0.0721. The first-order chi connectivity index (χ1) is 14.5. The normalized spacial score (nSPS) is 10.5. The number of rotatable bonds is 8. The van der Waals surface area contributed by atoms with Gasteiger partial charge in [0.25, 0.3) is 5.91 Å². The minimum Gasteiger partial charge on any atom is -0.487 e. The SMILES string of the molecule is CCNC(=O)c1ccc(-n2nnc(C(=O)OCC)c2COc2cccc(C)c2)cc1. The first kappa shape index (κ1) is 21.0. The Morgan fingerprint density at radius 1 is 1.10 bits per heavy atom. The van der Waals surface area contributed by atoms with Gasteiger partial charge in [-0.2, -0.15) is 0 Å². The van der Waals surface area contributed by atoms with Crippen molar-refractivity contribution in [2.75, 3.05) is 13.2 Å². The molecule has 1 heterocycles. The van der Waals surface area contributed by atoms with Gasteiger partial charge in [-0.3, -0.25) is 4.79 Å². The molecule has 0 aliphatic rings. The summed E-state index contributed by atoms with van der Waals surface area (Å²) in [5, 5.41) is 10.9. The molecular weight excluding hydrogens is 384 g/mol. The third-order valence-electron chi connectivity index (χ3n) is 4.31. The molecule has 30 heavy (non-hydrogen) atoms. The molecule has 3 rings (SSSR count). The molecule has 8 heteroatoms. The van der Waals surface area contributed by atoms with Gasteiger partial charge < -0.3 is 14.8 Å². The molecule has 0 radical (unpaired) electrons. The van der Waals surface area contributed by atoms with Crippen LogP contribution in [0.1, 0.15) is 46.0 Å². The van der Waals surface area contributed by atoms with E-state index in [9.17, 15) is 9.59 Å². The summed E-state index contributed by atoms with van der Waals surface area (Å²) in [6, 6.07) is 14.5. The van der Waals surface area contributed by atoms with Crippen molar-refractivity contribution in [1.82, 2.24) is 20.3 Å². The van der Waals surface area contributed by atoms with E-state index in [4.69, 9.17) is 9.47 Å². The quantitative estimate of drug-likeness (QED) is 0.576. The van der Waals surface area contributed by atoms with Gasteiger partial charge in [-0.15, -0.1) is 5.10 Å². The molecule has 0 saturated carbocycles. The van der Waals surface area contributed by atoms with Gasteiger partial charge >= 0.3 is 5.97 Å². The fourth-order valence-electron chi connectivity index (χ4n) is 2.87. The van der Waals surface area contributed by atoms with Crippen molar-refractivity contribution in [3.05, 3.63) is 71.0 Å². The molecule has 8 nitrogen and oxygen atoms in total. The van der Waals surface area contributed by atoms with E-state index in [0.29, 0.717) is 29.2 Å². The van der Waals surface area contributed by atoms with E-state index in [1.54, 1.807) is 31.2 Å². The summed E-state index contributed by atoms with van der Waals surface area (Å²) in [5.74, 6) is -0.0486. The van der Waals surface area contributed by atoms with E-state index < -0.39 is 5.97 Å². The Labute approximate surface area is 174 Å². The van der Waals surface area contributed by atoms with Gasteiger partial charge in [-0.1, -0.05) is 17.3 Å². The van der Waals surface area contributed by atoms with E-state index in [0.717, 1.165) is 5.56 Å². The van der Waals surface area contributed by atoms with Crippen molar-refractivity contribution in [2.45, 2.75) is 27.4 Å². The summed E-state index contributed by atoms with van der Waals surface area (Å²) in [4.78, 5) is 24.3. The van der Waals surface area contributed by atoms with Crippen LogP contribution in [0, 0.1) is 6.92 Å². The lowest BCUT2D eigenvalue weighted by atomic mass is 10.2. The van der Waals surface area contributed by atoms with E-state index in [1.165, 1.54) is 4.68 Å². The average Bonchev–Trinajstić information content (AvgIpc) is 3.17. The molecule has 2 aromatic carbocycles. The molecule has 0 spiro atoms. The van der Waals surface area contributed by atoms with Crippen LogP contribution < -0.4 is 10.1 Å². The van der Waals surface area contributed by atoms with Crippen LogP contribution in [0.2, 0.25) is 0 Å². The van der Waals surface area contributed by atoms with Crippen LogP contribution in [0.5, 0.6) is 5.75 Å². The van der Waals surface area contributed by atoms with Gasteiger partial charge in [-0.05, 0) is 62.7 Å². The largest absolute Gasteiger partial charge is 0.487 e. The van der Waals surface area contributed by atoms with Gasteiger partial charge in [0.1, 0.15) is 18.1 Å². The Morgan fingerprint density at radius 2 is 1.87 bits per heavy atom. The number of aryl methyl sites for hydroxylation is 1. The summed E-state index contributed by atoms with van der Waals surface area (Å²) in [6.07, 6.45) is 0. The van der Waals surface area contributed by atoms with Crippen LogP contribution in [0.25, 0.3) is 5.69 Å². The molecule has 1 N–H and O–H groups in total. The second-order valence-electron chi connectivity index (χ2n) is 6.53. The number of esters is 1. The second kappa shape index (κ2) is 9.69. The Kier molecular flexibility index (Phi) is 6.79. The number of ether oxygens (including phenoxy) is 2. The third kappa shape index (κ3) is 4.83. The zero-order valence-corrected chi connectivity index (χ0v) is 17.2. The molecule has 1 amide bonds. The predicted molar refractivity (Wildman–Crippen MR) is 111 cm³/mol. The lowest BCUT2D eigenvalue weighted by Gasteiger charge is -2.11. The molecule has 1 aromatic heterocycles. The number of hydrogen-bond donors (Lipinski definition) is 1. The van der Waals surface area contributed by atoms with Crippen LogP contribution >= 0.6 is 0 Å². The van der Waals surface area contributed by atoms with E-state index in [1.807, 2.05) is 38.1 Å². The summed E-state index contributed by atoms with van der Waals surface area (Å²) >= 11 is 0. The maximum absolute atomic E-state index is 12.3. The van der Waals surface area contributed by atoms with Crippen molar-refractivity contribution in [3.8, 4) is 11.4 Å². The molecule has 156 valence electrons. The maximum Gasteiger partial charge on any atom is 0.360 e. The second-order valence-corrected chi connectivity index (χ2v) is 6.53. The smallest absolute Gasteiger partial charge is 0.360 e. The van der Waals surface area contributed by atoms with Crippen LogP contribution in [-0.4, -0.2) is 40.0 Å². The Balaban J connectivity index is 1.91. The van der Waals surface area contributed by atoms with Crippen LogP contribution in [0.4, 0.5) is 0 Å². The van der Waals surface area contributed by atoms with E-state index in [2.05, 4.69) is 15.6 Å². The summed E-state index contributed by atoms with van der Waals surface area (Å²) in [5.41, 5.74) is 2.79. The van der Waals surface area contributed by atoms with Crippen molar-refractivity contribution in [3.63, 3.8) is 0 Å². The lowest BCUT2D eigenvalue weighted by Crippen LogP contribution is -2.22. The van der Waals surface area contributed by atoms with Gasteiger partial charge in [0.15, 0.2) is 5.69 Å². The van der Waals surface area contributed by atoms with Gasteiger partial charge in [0.2, 0.25) is 0 Å². The summed E-state index contributed by atoms with van der Waals surface area (Å²) in [6.45, 7) is 6.41. The van der Waals surface area contributed by atoms with E-state index in [-0.39, 0.29) is 24.8 Å². The van der Waals surface area contributed by atoms with Crippen LogP contribution in [-0.2, 0) is 11.3 Å². The lowest BCUT2D eigenvalue weighted by molar-refractivity contribution is 0.0516. The molecule has 0 saturated heterocycles. The van der Waals surface area contributed by atoms with Crippen LogP contribution in [0.3, 0.4) is 0 Å². The highest BCUT2D eigenvalue weighted by Gasteiger charge is 2.22. The highest BCUT2D eigenvalue weighted by Crippen LogP contribution is 2.19. The molecule has 0 aliphatic heterocycles. The standard InChI is InChI=1S/C22H24N4O4/c1-4-23-21(27)16-9-11-17(12-10-16)26-19(20(24-25-26)22(28)29-5-2)14-30-18-8-6-7-15(3)13-18/h6-13H,4-5,14H2,1-3H3,(H,23,27).